The highest BCUT2D eigenvalue weighted by Gasteiger charge is 2.59. The van der Waals surface area contributed by atoms with E-state index in [2.05, 4.69) is 99.5 Å². The molecule has 2 aromatic carbocycles. The molecule has 0 bridgehead atoms. The fraction of sp³-hybridized carbons (Fsp3) is 0.333. The van der Waals surface area contributed by atoms with E-state index in [9.17, 15) is 0 Å². The molecule has 0 aliphatic carbocycles. The highest BCUT2D eigenvalue weighted by atomic mass is 15.5. The highest BCUT2D eigenvalue weighted by Crippen LogP contribution is 2.62. The molecular formula is C27H30N4. The average molecular weight is 411 g/mol. The van der Waals surface area contributed by atoms with Crippen LogP contribution in [0.25, 0.3) is 0 Å². The third kappa shape index (κ3) is 2.60. The molecule has 2 aliphatic heterocycles. The Morgan fingerprint density at radius 2 is 1.55 bits per heavy atom. The van der Waals surface area contributed by atoms with E-state index in [1.807, 2.05) is 0 Å². The van der Waals surface area contributed by atoms with Crippen molar-refractivity contribution in [3.05, 3.63) is 84.2 Å². The molecule has 3 aromatic rings. The second-order valence-corrected chi connectivity index (χ2v) is 9.73. The zero-order valence-electron chi connectivity index (χ0n) is 19.1. The lowest BCUT2D eigenvalue weighted by Crippen LogP contribution is -2.61. The number of nitrogens with zero attached hydrogens (tertiary/aromatic N) is 4. The third-order valence-corrected chi connectivity index (χ3v) is 7.47. The van der Waals surface area contributed by atoms with E-state index in [4.69, 9.17) is 9.97 Å². The lowest BCUT2D eigenvalue weighted by Gasteiger charge is -2.57. The van der Waals surface area contributed by atoms with Crippen molar-refractivity contribution in [2.24, 2.45) is 5.41 Å². The second kappa shape index (κ2) is 6.68. The van der Waals surface area contributed by atoms with Crippen LogP contribution in [0, 0.1) is 19.3 Å². The molecule has 0 N–H and O–H groups in total. The van der Waals surface area contributed by atoms with Crippen LogP contribution in [0.1, 0.15) is 43.9 Å². The molecule has 0 amide bonds. The summed E-state index contributed by atoms with van der Waals surface area (Å²) in [5.74, 6) is 1.84. The summed E-state index contributed by atoms with van der Waals surface area (Å²) in [6, 6.07) is 15.5. The molecule has 0 fully saturated rings. The summed E-state index contributed by atoms with van der Waals surface area (Å²) in [6.45, 7) is 15.6. The van der Waals surface area contributed by atoms with Crippen LogP contribution in [-0.2, 0) is 5.41 Å². The second-order valence-electron chi connectivity index (χ2n) is 9.73. The molecule has 158 valence electrons. The summed E-state index contributed by atoms with van der Waals surface area (Å²) in [4.78, 5) is 14.5. The Hall–Kier alpha value is -3.14. The molecule has 5 rings (SSSR count). The first-order valence-corrected chi connectivity index (χ1v) is 11.0. The summed E-state index contributed by atoms with van der Waals surface area (Å²) in [7, 11) is 0. The molecule has 0 spiro atoms. The van der Waals surface area contributed by atoms with E-state index in [0.29, 0.717) is 0 Å². The number of hydrogen-bond acceptors (Lipinski definition) is 4. The van der Waals surface area contributed by atoms with Crippen molar-refractivity contribution in [2.45, 2.75) is 52.6 Å². The molecule has 0 saturated carbocycles. The van der Waals surface area contributed by atoms with Gasteiger partial charge in [0.25, 0.3) is 0 Å². The Morgan fingerprint density at radius 1 is 0.935 bits per heavy atom. The summed E-state index contributed by atoms with van der Waals surface area (Å²) >= 11 is 0. The largest absolute Gasteiger partial charge is 0.301 e. The van der Waals surface area contributed by atoms with Crippen LogP contribution in [0.5, 0.6) is 0 Å². The first-order chi connectivity index (χ1) is 14.8. The minimum atomic E-state index is -0.129. The number of aromatic nitrogens is 2. The van der Waals surface area contributed by atoms with E-state index < -0.39 is 0 Å². The van der Waals surface area contributed by atoms with E-state index >= 15 is 0 Å². The highest BCUT2D eigenvalue weighted by molar-refractivity contribution is 5.86. The van der Waals surface area contributed by atoms with E-state index in [1.165, 1.54) is 28.1 Å². The van der Waals surface area contributed by atoms with Crippen molar-refractivity contribution in [3.63, 3.8) is 0 Å². The van der Waals surface area contributed by atoms with E-state index in [0.717, 1.165) is 18.1 Å². The minimum absolute atomic E-state index is 0.0472. The Balaban J connectivity index is 1.84. The molecular weight excluding hydrogens is 380 g/mol. The predicted octanol–water partition coefficient (Wildman–Crippen LogP) is 6.58. The van der Waals surface area contributed by atoms with Crippen LogP contribution in [-0.4, -0.2) is 16.1 Å². The Morgan fingerprint density at radius 3 is 2.19 bits per heavy atom. The van der Waals surface area contributed by atoms with Crippen molar-refractivity contribution in [3.8, 4) is 0 Å². The summed E-state index contributed by atoms with van der Waals surface area (Å²) < 4.78 is 0. The summed E-state index contributed by atoms with van der Waals surface area (Å²) in [5.41, 5.74) is 6.00. The third-order valence-electron chi connectivity index (χ3n) is 7.47. The number of benzene rings is 2. The van der Waals surface area contributed by atoms with E-state index in [1.54, 1.807) is 12.4 Å². The van der Waals surface area contributed by atoms with Crippen LogP contribution >= 0.6 is 0 Å². The lowest BCUT2D eigenvalue weighted by atomic mass is 9.57. The van der Waals surface area contributed by atoms with Gasteiger partial charge in [-0.05, 0) is 55.2 Å². The molecule has 4 heteroatoms. The lowest BCUT2D eigenvalue weighted by molar-refractivity contribution is 0.131. The number of rotatable bonds is 3. The van der Waals surface area contributed by atoms with Gasteiger partial charge >= 0.3 is 0 Å². The van der Waals surface area contributed by atoms with Crippen molar-refractivity contribution in [2.75, 3.05) is 9.80 Å². The zero-order chi connectivity index (χ0) is 22.0. The van der Waals surface area contributed by atoms with Gasteiger partial charge in [-0.15, -0.1) is 6.58 Å². The first-order valence-electron chi connectivity index (χ1n) is 11.0. The topological polar surface area (TPSA) is 32.3 Å². The number of para-hydroxylation sites is 1. The number of aryl methyl sites for hydroxylation is 2. The van der Waals surface area contributed by atoms with Crippen LogP contribution < -0.4 is 9.80 Å². The number of allylic oxidation sites excluding steroid dienone is 1. The average Bonchev–Trinajstić information content (AvgIpc) is 3.08. The molecule has 2 unspecified atom stereocenters. The zero-order valence-corrected chi connectivity index (χ0v) is 19.1. The predicted molar refractivity (Wildman–Crippen MR) is 128 cm³/mol. The van der Waals surface area contributed by atoms with Gasteiger partial charge in [0.15, 0.2) is 11.6 Å². The monoisotopic (exact) mass is 410 g/mol. The number of anilines is 4. The molecule has 0 radical (unpaired) electrons. The van der Waals surface area contributed by atoms with Crippen molar-refractivity contribution in [1.29, 1.82) is 0 Å². The number of hydrogen-bond donors (Lipinski definition) is 0. The smallest absolute Gasteiger partial charge is 0.178 e. The fourth-order valence-electron chi connectivity index (χ4n) is 5.70. The van der Waals surface area contributed by atoms with Crippen LogP contribution in [0.2, 0.25) is 0 Å². The van der Waals surface area contributed by atoms with Gasteiger partial charge in [-0.3, -0.25) is 0 Å². The van der Waals surface area contributed by atoms with Crippen molar-refractivity contribution >= 4 is 23.0 Å². The SMILES string of the molecule is C=CCC1(C)c2ccccc2N2c3nccnc3N(c3cc(C)cc(C)c3)C2C1(C)C. The van der Waals surface area contributed by atoms with Crippen molar-refractivity contribution < 1.29 is 0 Å². The Kier molecular flexibility index (Phi) is 4.27. The van der Waals surface area contributed by atoms with Gasteiger partial charge in [-0.2, -0.15) is 0 Å². The maximum atomic E-state index is 4.83. The van der Waals surface area contributed by atoms with Gasteiger partial charge in [0.1, 0.15) is 6.17 Å². The molecule has 2 aliphatic rings. The summed E-state index contributed by atoms with van der Waals surface area (Å²) in [6.07, 6.45) is 6.61. The molecule has 0 saturated heterocycles. The molecule has 4 nitrogen and oxygen atoms in total. The molecule has 1 aromatic heterocycles. The van der Waals surface area contributed by atoms with E-state index in [-0.39, 0.29) is 17.0 Å². The maximum Gasteiger partial charge on any atom is 0.178 e. The molecule has 2 atom stereocenters. The number of fused-ring (bicyclic) bond motifs is 5. The maximum absolute atomic E-state index is 4.83. The van der Waals surface area contributed by atoms with Gasteiger partial charge < -0.3 is 9.80 Å². The Labute approximate surface area is 185 Å². The summed E-state index contributed by atoms with van der Waals surface area (Å²) in [5, 5.41) is 0. The Bertz CT molecular complexity index is 1160. The van der Waals surface area contributed by atoms with Gasteiger partial charge in [0, 0.05) is 34.6 Å². The molecule has 31 heavy (non-hydrogen) atoms. The molecule has 3 heterocycles. The van der Waals surface area contributed by atoms with Crippen LogP contribution in [0.3, 0.4) is 0 Å². The van der Waals surface area contributed by atoms with Gasteiger partial charge in [-0.25, -0.2) is 9.97 Å². The fourth-order valence-corrected chi connectivity index (χ4v) is 5.70. The quantitative estimate of drug-likeness (QED) is 0.456. The van der Waals surface area contributed by atoms with Gasteiger partial charge in [0.2, 0.25) is 0 Å². The minimum Gasteiger partial charge on any atom is -0.301 e. The van der Waals surface area contributed by atoms with Crippen LogP contribution in [0.15, 0.2) is 67.5 Å². The van der Waals surface area contributed by atoms with Crippen molar-refractivity contribution in [1.82, 2.24) is 9.97 Å². The normalized spacial score (nSPS) is 23.2. The standard InChI is InChI=1S/C27H30N4/c1-7-12-27(6)21-10-8-9-11-22(21)31-24-23(28-13-14-29-24)30(25(31)26(27,4)5)20-16-18(2)15-19(3)17-20/h7-11,13-17,25H,1,12H2,2-6H3. The van der Waals surface area contributed by atoms with Crippen LogP contribution in [0.4, 0.5) is 23.0 Å². The van der Waals surface area contributed by atoms with Gasteiger partial charge in [-0.1, -0.05) is 51.1 Å². The van der Waals surface area contributed by atoms with Gasteiger partial charge in [0.05, 0.1) is 0 Å². The first kappa shape index (κ1) is 19.8.